The Morgan fingerprint density at radius 3 is 2.10 bits per heavy atom. The molecule has 0 saturated heterocycles. The van der Waals surface area contributed by atoms with Crippen molar-refractivity contribution in [3.63, 3.8) is 0 Å². The van der Waals surface area contributed by atoms with Gasteiger partial charge in [0.05, 0.1) is 0 Å². The predicted octanol–water partition coefficient (Wildman–Crippen LogP) is 5.18. The third-order valence-electron chi connectivity index (χ3n) is 5.87. The monoisotopic (exact) mass is 392 g/mol. The molecular weight excluding hydrogens is 360 g/mol. The second kappa shape index (κ2) is 9.73. The minimum atomic E-state index is -0.0121. The molecule has 2 aromatic carbocycles. The number of rotatable bonds is 6. The second-order valence-corrected chi connectivity index (χ2v) is 8.45. The Labute approximate surface area is 174 Å². The van der Waals surface area contributed by atoms with E-state index in [4.69, 9.17) is 0 Å². The Hall–Kier alpha value is -2.62. The summed E-state index contributed by atoms with van der Waals surface area (Å²) in [7, 11) is 0. The summed E-state index contributed by atoms with van der Waals surface area (Å²) in [6.07, 6.45) is 3.10. The van der Waals surface area contributed by atoms with Gasteiger partial charge in [0.15, 0.2) is 0 Å². The van der Waals surface area contributed by atoms with Gasteiger partial charge in [0.1, 0.15) is 0 Å². The Bertz CT molecular complexity index is 806. The quantitative estimate of drug-likeness (QED) is 0.737. The molecule has 0 heterocycles. The lowest BCUT2D eigenvalue weighted by Crippen LogP contribution is -2.42. The fraction of sp³-hybridized carbons (Fsp3) is 0.440. The molecule has 0 spiro atoms. The first-order chi connectivity index (χ1) is 13.9. The van der Waals surface area contributed by atoms with Crippen molar-refractivity contribution in [1.29, 1.82) is 0 Å². The van der Waals surface area contributed by atoms with Crippen molar-refractivity contribution in [3.05, 3.63) is 65.7 Å². The second-order valence-electron chi connectivity index (χ2n) is 8.45. The van der Waals surface area contributed by atoms with E-state index in [2.05, 4.69) is 31.3 Å². The predicted molar refractivity (Wildman–Crippen MR) is 117 cm³/mol. The molecule has 4 nitrogen and oxygen atoms in total. The maximum absolute atomic E-state index is 13.2. The molecule has 1 aliphatic rings. The number of benzene rings is 2. The van der Waals surface area contributed by atoms with E-state index in [1.807, 2.05) is 54.3 Å². The lowest BCUT2D eigenvalue weighted by Gasteiger charge is -2.34. The molecule has 4 heteroatoms. The normalized spacial score (nSPS) is 19.0. The average molecular weight is 393 g/mol. The number of anilines is 1. The fourth-order valence-electron chi connectivity index (χ4n) is 4.01. The first kappa shape index (κ1) is 21.1. The van der Waals surface area contributed by atoms with Crippen LogP contribution in [-0.2, 0) is 16.1 Å². The van der Waals surface area contributed by atoms with Crippen LogP contribution in [0.15, 0.2) is 54.6 Å². The van der Waals surface area contributed by atoms with E-state index in [0.29, 0.717) is 6.54 Å². The summed E-state index contributed by atoms with van der Waals surface area (Å²) in [4.78, 5) is 27.8. The zero-order chi connectivity index (χ0) is 20.8. The van der Waals surface area contributed by atoms with E-state index in [1.54, 1.807) is 0 Å². The average Bonchev–Trinajstić information content (AvgIpc) is 2.74. The molecule has 154 valence electrons. The minimum Gasteiger partial charge on any atom is -0.336 e. The molecule has 3 rings (SSSR count). The van der Waals surface area contributed by atoms with Gasteiger partial charge in [-0.2, -0.15) is 0 Å². The summed E-state index contributed by atoms with van der Waals surface area (Å²) in [6, 6.07) is 18.2. The van der Waals surface area contributed by atoms with Crippen LogP contribution in [0.25, 0.3) is 0 Å². The molecule has 2 aromatic rings. The van der Waals surface area contributed by atoms with E-state index in [0.717, 1.165) is 36.9 Å². The van der Waals surface area contributed by atoms with E-state index in [1.165, 1.54) is 5.56 Å². The molecule has 1 N–H and O–H groups in total. The van der Waals surface area contributed by atoms with E-state index in [9.17, 15) is 9.59 Å². The highest BCUT2D eigenvalue weighted by atomic mass is 16.2. The number of carbonyl (C=O) groups is 2. The van der Waals surface area contributed by atoms with Crippen molar-refractivity contribution in [1.82, 2.24) is 4.90 Å². The molecule has 0 radical (unpaired) electrons. The van der Waals surface area contributed by atoms with Crippen molar-refractivity contribution in [2.75, 3.05) is 5.32 Å². The number of nitrogens with zero attached hydrogens (tertiary/aromatic N) is 1. The molecule has 0 aliphatic heterocycles. The third kappa shape index (κ3) is 5.69. The number of nitrogens with one attached hydrogen (secondary N) is 1. The highest BCUT2D eigenvalue weighted by molar-refractivity contribution is 5.92. The first-order valence-electron chi connectivity index (χ1n) is 10.7. The summed E-state index contributed by atoms with van der Waals surface area (Å²) in [6.45, 7) is 6.82. The highest BCUT2D eigenvalue weighted by Crippen LogP contribution is 2.31. The van der Waals surface area contributed by atoms with Crippen molar-refractivity contribution in [2.45, 2.75) is 59.0 Å². The summed E-state index contributed by atoms with van der Waals surface area (Å²) < 4.78 is 0. The standard InChI is InChI=1S/C25H32N2O2/c1-18(2)27(17-20-7-5-4-6-8-20)25(29)22-13-11-21(12-14-22)24(28)26-23-15-9-19(3)10-16-23/h4-10,15-16,18,21-22H,11-14,17H2,1-3H3,(H,26,28). The first-order valence-corrected chi connectivity index (χ1v) is 10.7. The molecule has 0 atom stereocenters. The van der Waals surface area contributed by atoms with Crippen molar-refractivity contribution in [2.24, 2.45) is 11.8 Å². The van der Waals surface area contributed by atoms with Crippen LogP contribution in [0.3, 0.4) is 0 Å². The SMILES string of the molecule is Cc1ccc(NC(=O)C2CCC(C(=O)N(Cc3ccccc3)C(C)C)CC2)cc1. The third-order valence-corrected chi connectivity index (χ3v) is 5.87. The maximum Gasteiger partial charge on any atom is 0.227 e. The molecule has 1 saturated carbocycles. The van der Waals surface area contributed by atoms with E-state index >= 15 is 0 Å². The topological polar surface area (TPSA) is 49.4 Å². The van der Waals surface area contributed by atoms with Crippen LogP contribution in [0.5, 0.6) is 0 Å². The van der Waals surface area contributed by atoms with E-state index in [-0.39, 0.29) is 29.7 Å². The Balaban J connectivity index is 1.54. The summed E-state index contributed by atoms with van der Waals surface area (Å²) in [5.41, 5.74) is 3.17. The summed E-state index contributed by atoms with van der Waals surface area (Å²) in [5.74, 6) is 0.303. The van der Waals surface area contributed by atoms with Crippen LogP contribution in [0.1, 0.15) is 50.7 Å². The molecule has 1 aliphatic carbocycles. The molecule has 0 bridgehead atoms. The van der Waals surface area contributed by atoms with Crippen LogP contribution < -0.4 is 5.32 Å². The van der Waals surface area contributed by atoms with Gasteiger partial charge in [-0.1, -0.05) is 48.0 Å². The van der Waals surface area contributed by atoms with Crippen LogP contribution >= 0.6 is 0 Å². The largest absolute Gasteiger partial charge is 0.336 e. The minimum absolute atomic E-state index is 0.0121. The van der Waals surface area contributed by atoms with Gasteiger partial charge in [-0.25, -0.2) is 0 Å². The van der Waals surface area contributed by atoms with Gasteiger partial charge in [0, 0.05) is 30.1 Å². The lowest BCUT2D eigenvalue weighted by molar-refractivity contribution is -0.140. The Morgan fingerprint density at radius 2 is 1.52 bits per heavy atom. The number of aryl methyl sites for hydroxylation is 1. The molecular formula is C25H32N2O2. The van der Waals surface area contributed by atoms with Crippen LogP contribution in [0.4, 0.5) is 5.69 Å². The number of hydrogen-bond acceptors (Lipinski definition) is 2. The maximum atomic E-state index is 13.2. The molecule has 0 unspecified atom stereocenters. The van der Waals surface area contributed by atoms with E-state index < -0.39 is 0 Å². The smallest absolute Gasteiger partial charge is 0.227 e. The summed E-state index contributed by atoms with van der Waals surface area (Å²) >= 11 is 0. The van der Waals surface area contributed by atoms with Gasteiger partial charge in [0.25, 0.3) is 0 Å². The number of hydrogen-bond donors (Lipinski definition) is 1. The van der Waals surface area contributed by atoms with Gasteiger partial charge in [-0.15, -0.1) is 0 Å². The van der Waals surface area contributed by atoms with Gasteiger partial charge >= 0.3 is 0 Å². The van der Waals surface area contributed by atoms with Crippen LogP contribution in [-0.4, -0.2) is 22.8 Å². The van der Waals surface area contributed by atoms with Gasteiger partial charge in [-0.05, 0) is 64.2 Å². The molecule has 2 amide bonds. The Kier molecular flexibility index (Phi) is 7.08. The molecule has 0 aromatic heterocycles. The molecule has 1 fully saturated rings. The summed E-state index contributed by atoms with van der Waals surface area (Å²) in [5, 5.41) is 3.02. The zero-order valence-corrected chi connectivity index (χ0v) is 17.7. The van der Waals surface area contributed by atoms with Crippen molar-refractivity contribution < 1.29 is 9.59 Å². The zero-order valence-electron chi connectivity index (χ0n) is 17.7. The molecule has 29 heavy (non-hydrogen) atoms. The van der Waals surface area contributed by atoms with Crippen LogP contribution in [0, 0.1) is 18.8 Å². The van der Waals surface area contributed by atoms with Crippen molar-refractivity contribution >= 4 is 17.5 Å². The number of amides is 2. The highest BCUT2D eigenvalue weighted by Gasteiger charge is 2.33. The van der Waals surface area contributed by atoms with Crippen LogP contribution in [0.2, 0.25) is 0 Å². The lowest BCUT2D eigenvalue weighted by atomic mass is 9.80. The van der Waals surface area contributed by atoms with Crippen molar-refractivity contribution in [3.8, 4) is 0 Å². The Morgan fingerprint density at radius 1 is 0.931 bits per heavy atom. The fourth-order valence-corrected chi connectivity index (χ4v) is 4.01. The van der Waals surface area contributed by atoms with Gasteiger partial charge in [0.2, 0.25) is 11.8 Å². The van der Waals surface area contributed by atoms with Gasteiger partial charge in [-0.3, -0.25) is 9.59 Å². The van der Waals surface area contributed by atoms with Gasteiger partial charge < -0.3 is 10.2 Å². The number of carbonyl (C=O) groups excluding carboxylic acids is 2.